The van der Waals surface area contributed by atoms with Crippen molar-refractivity contribution >= 4 is 17.9 Å². The van der Waals surface area contributed by atoms with Gasteiger partial charge in [-0.3, -0.25) is 0 Å². The van der Waals surface area contributed by atoms with Gasteiger partial charge in [-0.2, -0.15) is 0 Å². The Morgan fingerprint density at radius 2 is 1.09 bits per heavy atom. The maximum atomic E-state index is 11.1. The van der Waals surface area contributed by atoms with Gasteiger partial charge >= 0.3 is 17.9 Å². The molecule has 120 valence electrons. The van der Waals surface area contributed by atoms with Crippen molar-refractivity contribution in [3.8, 4) is 0 Å². The van der Waals surface area contributed by atoms with Gasteiger partial charge in [-0.1, -0.05) is 24.3 Å². The van der Waals surface area contributed by atoms with Gasteiger partial charge in [0.15, 0.2) is 0 Å². The Labute approximate surface area is 128 Å². The standard InChI is InChI=1S/C16H20O6/c1-5-6-16(7-10(2)13(17)18,8-11(3)14(19)20)9-12(4)15(21)22/h5,7-9H,1,6H2,2-4H3,(H,17,18)(H,19,20)(H,21,22). The zero-order chi connectivity index (χ0) is 17.5. The van der Waals surface area contributed by atoms with Crippen LogP contribution in [0.4, 0.5) is 0 Å². The van der Waals surface area contributed by atoms with E-state index in [1.54, 1.807) is 0 Å². The molecule has 0 aliphatic rings. The molecule has 0 radical (unpaired) electrons. The number of hydrogen-bond acceptors (Lipinski definition) is 3. The molecule has 6 nitrogen and oxygen atoms in total. The largest absolute Gasteiger partial charge is 0.478 e. The fourth-order valence-electron chi connectivity index (χ4n) is 1.95. The molecule has 0 aromatic heterocycles. The molecule has 0 heterocycles. The molecule has 22 heavy (non-hydrogen) atoms. The third-order valence-electron chi connectivity index (χ3n) is 2.97. The van der Waals surface area contributed by atoms with Crippen LogP contribution in [0, 0.1) is 5.41 Å². The number of carboxylic acids is 3. The van der Waals surface area contributed by atoms with Gasteiger partial charge in [0.2, 0.25) is 0 Å². The molecule has 0 saturated heterocycles. The Morgan fingerprint density at radius 1 is 0.818 bits per heavy atom. The van der Waals surface area contributed by atoms with Gasteiger partial charge in [0.25, 0.3) is 0 Å². The highest BCUT2D eigenvalue weighted by atomic mass is 16.4. The van der Waals surface area contributed by atoms with E-state index in [4.69, 9.17) is 15.3 Å². The van der Waals surface area contributed by atoms with Gasteiger partial charge in [0, 0.05) is 22.1 Å². The molecule has 0 aliphatic heterocycles. The summed E-state index contributed by atoms with van der Waals surface area (Å²) in [5.74, 6) is -3.51. The quantitative estimate of drug-likeness (QED) is 0.469. The van der Waals surface area contributed by atoms with Crippen LogP contribution in [0.2, 0.25) is 0 Å². The second kappa shape index (κ2) is 7.97. The van der Waals surface area contributed by atoms with E-state index in [9.17, 15) is 14.4 Å². The molecule has 0 saturated carbocycles. The highest BCUT2D eigenvalue weighted by Crippen LogP contribution is 2.33. The molecule has 0 atom stereocenters. The number of carbonyl (C=O) groups is 3. The average Bonchev–Trinajstić information content (AvgIpc) is 2.38. The van der Waals surface area contributed by atoms with Crippen molar-refractivity contribution in [2.45, 2.75) is 27.2 Å². The van der Waals surface area contributed by atoms with E-state index in [-0.39, 0.29) is 23.1 Å². The van der Waals surface area contributed by atoms with Gasteiger partial charge in [0.1, 0.15) is 0 Å². The summed E-state index contributed by atoms with van der Waals surface area (Å²) >= 11 is 0. The monoisotopic (exact) mass is 308 g/mol. The zero-order valence-electron chi connectivity index (χ0n) is 12.8. The molecule has 0 fully saturated rings. The number of aliphatic carboxylic acids is 3. The van der Waals surface area contributed by atoms with Crippen LogP contribution in [0.1, 0.15) is 27.2 Å². The van der Waals surface area contributed by atoms with Crippen LogP contribution in [-0.2, 0) is 14.4 Å². The summed E-state index contributed by atoms with van der Waals surface area (Å²) in [4.78, 5) is 33.2. The van der Waals surface area contributed by atoms with Crippen LogP contribution in [0.3, 0.4) is 0 Å². The van der Waals surface area contributed by atoms with Crippen molar-refractivity contribution in [1.29, 1.82) is 0 Å². The van der Waals surface area contributed by atoms with E-state index < -0.39 is 23.3 Å². The predicted octanol–water partition coefficient (Wildman–Crippen LogP) is 2.64. The lowest BCUT2D eigenvalue weighted by atomic mass is 9.79. The molecule has 6 heteroatoms. The van der Waals surface area contributed by atoms with Crippen molar-refractivity contribution in [1.82, 2.24) is 0 Å². The molecule has 0 amide bonds. The van der Waals surface area contributed by atoms with Crippen molar-refractivity contribution in [2.24, 2.45) is 5.41 Å². The highest BCUT2D eigenvalue weighted by molar-refractivity contribution is 5.89. The van der Waals surface area contributed by atoms with Crippen molar-refractivity contribution in [3.05, 3.63) is 47.6 Å². The van der Waals surface area contributed by atoms with Gasteiger partial charge in [-0.05, 0) is 27.2 Å². The fourth-order valence-corrected chi connectivity index (χ4v) is 1.95. The minimum absolute atomic E-state index is 0.0225. The highest BCUT2D eigenvalue weighted by Gasteiger charge is 2.25. The van der Waals surface area contributed by atoms with Crippen molar-refractivity contribution in [3.63, 3.8) is 0 Å². The van der Waals surface area contributed by atoms with Crippen molar-refractivity contribution < 1.29 is 29.7 Å². The smallest absolute Gasteiger partial charge is 0.330 e. The Morgan fingerprint density at radius 3 is 1.27 bits per heavy atom. The minimum Gasteiger partial charge on any atom is -0.478 e. The van der Waals surface area contributed by atoms with Crippen molar-refractivity contribution in [2.75, 3.05) is 0 Å². The third kappa shape index (κ3) is 5.78. The van der Waals surface area contributed by atoms with E-state index >= 15 is 0 Å². The first-order valence-electron chi connectivity index (χ1n) is 6.44. The maximum Gasteiger partial charge on any atom is 0.330 e. The van der Waals surface area contributed by atoms with Crippen LogP contribution in [0.5, 0.6) is 0 Å². The van der Waals surface area contributed by atoms with E-state index in [0.29, 0.717) is 0 Å². The van der Waals surface area contributed by atoms with Crippen LogP contribution in [-0.4, -0.2) is 33.2 Å². The van der Waals surface area contributed by atoms with Crippen LogP contribution in [0.25, 0.3) is 0 Å². The maximum absolute atomic E-state index is 11.1. The predicted molar refractivity (Wildman–Crippen MR) is 81.4 cm³/mol. The first-order chi connectivity index (χ1) is 10.0. The second-order valence-electron chi connectivity index (χ2n) is 5.00. The zero-order valence-corrected chi connectivity index (χ0v) is 12.8. The number of allylic oxidation sites excluding steroid dienone is 4. The van der Waals surface area contributed by atoms with Gasteiger partial charge in [0.05, 0.1) is 0 Å². The molecule has 0 spiro atoms. The van der Waals surface area contributed by atoms with Crippen LogP contribution in [0.15, 0.2) is 47.6 Å². The van der Waals surface area contributed by atoms with Gasteiger partial charge in [-0.15, -0.1) is 6.58 Å². The molecular weight excluding hydrogens is 288 g/mol. The molecule has 3 N–H and O–H groups in total. The number of carboxylic acid groups (broad SMARTS) is 3. The molecular formula is C16H20O6. The lowest BCUT2D eigenvalue weighted by Gasteiger charge is -2.24. The van der Waals surface area contributed by atoms with E-state index in [1.165, 1.54) is 45.1 Å². The first kappa shape index (κ1) is 19.4. The van der Waals surface area contributed by atoms with Gasteiger partial charge < -0.3 is 15.3 Å². The van der Waals surface area contributed by atoms with Crippen LogP contribution < -0.4 is 0 Å². The molecule has 0 aromatic rings. The summed E-state index contributed by atoms with van der Waals surface area (Å²) in [5, 5.41) is 27.1. The lowest BCUT2D eigenvalue weighted by Crippen LogP contribution is -2.17. The topological polar surface area (TPSA) is 112 Å². The number of rotatable bonds is 8. The minimum atomic E-state index is -1.19. The summed E-state index contributed by atoms with van der Waals surface area (Å²) < 4.78 is 0. The van der Waals surface area contributed by atoms with E-state index in [1.807, 2.05) is 0 Å². The first-order valence-corrected chi connectivity index (χ1v) is 6.44. The van der Waals surface area contributed by atoms with Crippen LogP contribution >= 0.6 is 0 Å². The van der Waals surface area contributed by atoms with Gasteiger partial charge in [-0.25, -0.2) is 14.4 Å². The Hall–Kier alpha value is -2.63. The molecule has 0 unspecified atom stereocenters. The molecule has 0 aromatic carbocycles. The molecule has 0 aliphatic carbocycles. The Kier molecular flexibility index (Phi) is 7.02. The van der Waals surface area contributed by atoms with E-state index in [2.05, 4.69) is 6.58 Å². The molecule has 0 rings (SSSR count). The Bertz CT molecular complexity index is 503. The lowest BCUT2D eigenvalue weighted by molar-refractivity contribution is -0.133. The second-order valence-corrected chi connectivity index (χ2v) is 5.00. The fraction of sp³-hybridized carbons (Fsp3) is 0.312. The summed E-state index contributed by atoms with van der Waals surface area (Å²) in [6.07, 6.45) is 5.62. The SMILES string of the molecule is C=CCC(C=C(C)C(=O)O)(C=C(C)C(=O)O)C=C(C)C(=O)O. The normalized spacial score (nSPS) is 15.9. The summed E-state index contributed by atoms with van der Waals surface area (Å²) in [7, 11) is 0. The summed E-state index contributed by atoms with van der Waals surface area (Å²) in [6.45, 7) is 7.64. The third-order valence-corrected chi connectivity index (χ3v) is 2.97. The Balaban J connectivity index is 6.37. The average molecular weight is 308 g/mol. The molecule has 0 bridgehead atoms. The summed E-state index contributed by atoms with van der Waals surface area (Å²) in [5.41, 5.74) is -1.25. The summed E-state index contributed by atoms with van der Waals surface area (Å²) in [6, 6.07) is 0. The van der Waals surface area contributed by atoms with E-state index in [0.717, 1.165) is 0 Å². The number of hydrogen-bond donors (Lipinski definition) is 3.